The van der Waals surface area contributed by atoms with Gasteiger partial charge in [-0.1, -0.05) is 0 Å². The van der Waals surface area contributed by atoms with Crippen LogP contribution in [0.4, 0.5) is 4.39 Å². The molecule has 1 N–H and O–H groups in total. The molecule has 1 unspecified atom stereocenters. The minimum absolute atomic E-state index is 0.214. The number of hydrogen-bond donors (Lipinski definition) is 1. The number of nitrogens with one attached hydrogen (secondary N) is 1. The summed E-state index contributed by atoms with van der Waals surface area (Å²) < 4.78 is 17.5. The SMILES string of the molecule is CNCC1CN(CCCF)CCO1. The summed E-state index contributed by atoms with van der Waals surface area (Å²) in [6, 6.07) is 0. The van der Waals surface area contributed by atoms with Crippen LogP contribution in [0.5, 0.6) is 0 Å². The van der Waals surface area contributed by atoms with Crippen molar-refractivity contribution in [2.24, 2.45) is 0 Å². The second-order valence-corrected chi connectivity index (χ2v) is 3.39. The van der Waals surface area contributed by atoms with Gasteiger partial charge >= 0.3 is 0 Å². The lowest BCUT2D eigenvalue weighted by Crippen LogP contribution is -2.46. The lowest BCUT2D eigenvalue weighted by molar-refractivity contribution is -0.0268. The summed E-state index contributed by atoms with van der Waals surface area (Å²) in [5.74, 6) is 0. The molecule has 1 rings (SSSR count). The molecule has 1 saturated heterocycles. The van der Waals surface area contributed by atoms with E-state index < -0.39 is 0 Å². The molecule has 1 fully saturated rings. The van der Waals surface area contributed by atoms with E-state index in [1.807, 2.05) is 7.05 Å². The van der Waals surface area contributed by atoms with E-state index in [1.165, 1.54) is 0 Å². The van der Waals surface area contributed by atoms with E-state index in [9.17, 15) is 4.39 Å². The van der Waals surface area contributed by atoms with Crippen LogP contribution in [0.25, 0.3) is 0 Å². The van der Waals surface area contributed by atoms with Crippen molar-refractivity contribution < 1.29 is 9.13 Å². The van der Waals surface area contributed by atoms with E-state index in [2.05, 4.69) is 10.2 Å². The van der Waals surface area contributed by atoms with Crippen molar-refractivity contribution in [2.45, 2.75) is 12.5 Å². The van der Waals surface area contributed by atoms with Crippen LogP contribution in [-0.2, 0) is 4.74 Å². The highest BCUT2D eigenvalue weighted by atomic mass is 19.1. The summed E-state index contributed by atoms with van der Waals surface area (Å²) in [6.07, 6.45) is 0.921. The van der Waals surface area contributed by atoms with Crippen molar-refractivity contribution in [2.75, 3.05) is 46.5 Å². The van der Waals surface area contributed by atoms with Crippen LogP contribution in [0.1, 0.15) is 6.42 Å². The number of ether oxygens (including phenoxy) is 1. The number of hydrogen-bond acceptors (Lipinski definition) is 3. The Bertz CT molecular complexity index is 133. The molecule has 0 amide bonds. The minimum Gasteiger partial charge on any atom is -0.374 e. The fourth-order valence-electron chi connectivity index (χ4n) is 1.62. The van der Waals surface area contributed by atoms with Gasteiger partial charge in [0.2, 0.25) is 0 Å². The van der Waals surface area contributed by atoms with Crippen LogP contribution in [0.15, 0.2) is 0 Å². The number of halogens is 1. The Balaban J connectivity index is 2.16. The Hall–Kier alpha value is -0.190. The van der Waals surface area contributed by atoms with E-state index in [0.717, 1.165) is 32.8 Å². The summed E-state index contributed by atoms with van der Waals surface area (Å²) in [5, 5.41) is 3.09. The molecule has 0 aromatic carbocycles. The highest BCUT2D eigenvalue weighted by molar-refractivity contribution is 4.72. The van der Waals surface area contributed by atoms with Crippen LogP contribution in [0.3, 0.4) is 0 Å². The normalized spacial score (nSPS) is 24.9. The fraction of sp³-hybridized carbons (Fsp3) is 1.00. The molecule has 0 radical (unpaired) electrons. The average molecular weight is 190 g/mol. The highest BCUT2D eigenvalue weighted by Gasteiger charge is 2.18. The van der Waals surface area contributed by atoms with Gasteiger partial charge in [0.05, 0.1) is 19.4 Å². The standard InChI is InChI=1S/C9H19FN2O/c1-11-7-9-8-12(4-2-3-10)5-6-13-9/h9,11H,2-8H2,1H3. The third-order valence-electron chi connectivity index (χ3n) is 2.26. The predicted octanol–water partition coefficient (Wildman–Crippen LogP) is 0.266. The van der Waals surface area contributed by atoms with Crippen LogP contribution < -0.4 is 5.32 Å². The van der Waals surface area contributed by atoms with E-state index in [0.29, 0.717) is 6.42 Å². The van der Waals surface area contributed by atoms with Crippen molar-refractivity contribution in [3.8, 4) is 0 Å². The number of nitrogens with zero attached hydrogens (tertiary/aromatic N) is 1. The predicted molar refractivity (Wildman–Crippen MR) is 50.7 cm³/mol. The Morgan fingerprint density at radius 1 is 1.62 bits per heavy atom. The number of likely N-dealkylation sites (N-methyl/N-ethyl adjacent to an activating group) is 1. The monoisotopic (exact) mass is 190 g/mol. The van der Waals surface area contributed by atoms with Crippen LogP contribution in [-0.4, -0.2) is 57.5 Å². The zero-order valence-electron chi connectivity index (χ0n) is 8.26. The van der Waals surface area contributed by atoms with E-state index in [-0.39, 0.29) is 12.8 Å². The molecule has 0 aromatic rings. The molecule has 13 heavy (non-hydrogen) atoms. The van der Waals surface area contributed by atoms with Gasteiger partial charge in [0, 0.05) is 26.2 Å². The smallest absolute Gasteiger partial charge is 0.0906 e. The van der Waals surface area contributed by atoms with Crippen LogP contribution in [0, 0.1) is 0 Å². The number of rotatable bonds is 5. The van der Waals surface area contributed by atoms with Gasteiger partial charge in [-0.25, -0.2) is 0 Å². The molecule has 0 spiro atoms. The lowest BCUT2D eigenvalue weighted by atomic mass is 10.2. The minimum atomic E-state index is -0.214. The van der Waals surface area contributed by atoms with Gasteiger partial charge in [0.1, 0.15) is 0 Å². The van der Waals surface area contributed by atoms with E-state index >= 15 is 0 Å². The maximum Gasteiger partial charge on any atom is 0.0906 e. The Morgan fingerprint density at radius 3 is 3.15 bits per heavy atom. The van der Waals surface area contributed by atoms with Crippen LogP contribution >= 0.6 is 0 Å². The second-order valence-electron chi connectivity index (χ2n) is 3.39. The van der Waals surface area contributed by atoms with Crippen molar-refractivity contribution in [1.29, 1.82) is 0 Å². The maximum atomic E-state index is 11.9. The first-order valence-corrected chi connectivity index (χ1v) is 4.91. The summed E-state index contributed by atoms with van der Waals surface area (Å²) >= 11 is 0. The molecular weight excluding hydrogens is 171 g/mol. The van der Waals surface area contributed by atoms with Crippen molar-refractivity contribution in [1.82, 2.24) is 10.2 Å². The van der Waals surface area contributed by atoms with Crippen LogP contribution in [0.2, 0.25) is 0 Å². The van der Waals surface area contributed by atoms with Crippen molar-refractivity contribution in [3.05, 3.63) is 0 Å². The molecule has 0 saturated carbocycles. The molecule has 4 heteroatoms. The van der Waals surface area contributed by atoms with Gasteiger partial charge in [0.15, 0.2) is 0 Å². The van der Waals surface area contributed by atoms with Gasteiger partial charge < -0.3 is 10.1 Å². The maximum absolute atomic E-state index is 11.9. The van der Waals surface area contributed by atoms with Crippen molar-refractivity contribution in [3.63, 3.8) is 0 Å². The molecular formula is C9H19FN2O. The second kappa shape index (κ2) is 6.29. The third-order valence-corrected chi connectivity index (χ3v) is 2.26. The number of alkyl halides is 1. The largest absolute Gasteiger partial charge is 0.374 e. The molecule has 1 aliphatic heterocycles. The Morgan fingerprint density at radius 2 is 2.46 bits per heavy atom. The third kappa shape index (κ3) is 4.02. The highest BCUT2D eigenvalue weighted by Crippen LogP contribution is 2.04. The van der Waals surface area contributed by atoms with Gasteiger partial charge in [-0.05, 0) is 13.5 Å². The summed E-state index contributed by atoms with van der Waals surface area (Å²) in [7, 11) is 1.92. The topological polar surface area (TPSA) is 24.5 Å². The summed E-state index contributed by atoms with van der Waals surface area (Å²) in [5.41, 5.74) is 0. The Labute approximate surface area is 79.2 Å². The fourth-order valence-corrected chi connectivity index (χ4v) is 1.62. The molecule has 78 valence electrons. The zero-order chi connectivity index (χ0) is 9.52. The molecule has 3 nitrogen and oxygen atoms in total. The number of morpholine rings is 1. The Kier molecular flexibility index (Phi) is 5.27. The summed E-state index contributed by atoms with van der Waals surface area (Å²) in [6.45, 7) is 4.18. The first kappa shape index (κ1) is 10.9. The van der Waals surface area contributed by atoms with E-state index in [1.54, 1.807) is 0 Å². The van der Waals surface area contributed by atoms with Gasteiger partial charge in [-0.15, -0.1) is 0 Å². The molecule has 1 atom stereocenters. The van der Waals surface area contributed by atoms with E-state index in [4.69, 9.17) is 4.74 Å². The quantitative estimate of drug-likeness (QED) is 0.673. The first-order chi connectivity index (χ1) is 6.36. The van der Waals surface area contributed by atoms with Gasteiger partial charge in [-0.3, -0.25) is 9.29 Å². The van der Waals surface area contributed by atoms with Gasteiger partial charge in [0.25, 0.3) is 0 Å². The molecule has 1 aliphatic rings. The molecule has 0 aromatic heterocycles. The zero-order valence-corrected chi connectivity index (χ0v) is 8.26. The molecule has 0 aliphatic carbocycles. The molecule has 0 bridgehead atoms. The first-order valence-electron chi connectivity index (χ1n) is 4.91. The van der Waals surface area contributed by atoms with Gasteiger partial charge in [-0.2, -0.15) is 0 Å². The lowest BCUT2D eigenvalue weighted by Gasteiger charge is -2.32. The van der Waals surface area contributed by atoms with Crippen molar-refractivity contribution >= 4 is 0 Å². The summed E-state index contributed by atoms with van der Waals surface area (Å²) in [4.78, 5) is 2.27. The molecule has 1 heterocycles. The average Bonchev–Trinajstić information content (AvgIpc) is 2.16.